The van der Waals surface area contributed by atoms with Crippen molar-refractivity contribution in [3.63, 3.8) is 0 Å². The smallest absolute Gasteiger partial charge is 0.277 e. The van der Waals surface area contributed by atoms with Crippen LogP contribution in [-0.2, 0) is 4.79 Å². The minimum atomic E-state index is -0.377. The monoisotopic (exact) mass is 380 g/mol. The Morgan fingerprint density at radius 1 is 1.30 bits per heavy atom. The van der Waals surface area contributed by atoms with Gasteiger partial charge in [-0.1, -0.05) is 15.9 Å². The van der Waals surface area contributed by atoms with E-state index < -0.39 is 0 Å². The summed E-state index contributed by atoms with van der Waals surface area (Å²) in [4.78, 5) is 11.8. The van der Waals surface area contributed by atoms with Crippen molar-refractivity contribution in [2.45, 2.75) is 13.8 Å². The first-order chi connectivity index (χ1) is 11.0. The average Bonchev–Trinajstić information content (AvgIpc) is 2.97. The van der Waals surface area contributed by atoms with Crippen LogP contribution in [0.1, 0.15) is 18.4 Å². The summed E-state index contributed by atoms with van der Waals surface area (Å²) in [5, 5.41) is 3.98. The molecule has 2 aromatic rings. The van der Waals surface area contributed by atoms with Crippen LogP contribution in [-0.4, -0.2) is 25.3 Å². The van der Waals surface area contributed by atoms with Crippen LogP contribution in [0.25, 0.3) is 0 Å². The second-order valence-electron chi connectivity index (χ2n) is 4.73. The van der Waals surface area contributed by atoms with Crippen molar-refractivity contribution in [1.82, 2.24) is 5.43 Å². The van der Waals surface area contributed by atoms with E-state index in [1.54, 1.807) is 31.2 Å². The number of carbonyl (C=O) groups excluding carboxylic acids is 1. The summed E-state index contributed by atoms with van der Waals surface area (Å²) in [6, 6.07) is 8.91. The third-order valence-electron chi connectivity index (χ3n) is 2.93. The van der Waals surface area contributed by atoms with Crippen LogP contribution in [0, 0.1) is 6.92 Å². The van der Waals surface area contributed by atoms with Crippen LogP contribution in [0.2, 0.25) is 0 Å². The highest BCUT2D eigenvalue weighted by Gasteiger charge is 2.08. The van der Waals surface area contributed by atoms with Gasteiger partial charge in [-0.05, 0) is 44.2 Å². The third kappa shape index (κ3) is 4.85. The fraction of sp³-hybridized carbons (Fsp3) is 0.250. The number of ether oxygens (including phenoxy) is 2. The molecule has 2 rings (SSSR count). The second-order valence-corrected chi connectivity index (χ2v) is 5.64. The number of nitrogens with zero attached hydrogens (tertiary/aromatic N) is 1. The zero-order valence-electron chi connectivity index (χ0n) is 13.1. The molecule has 0 spiro atoms. The number of carbonyl (C=O) groups is 1. The van der Waals surface area contributed by atoms with Gasteiger partial charge in [0.05, 0.1) is 7.11 Å². The molecule has 0 aliphatic heterocycles. The van der Waals surface area contributed by atoms with Gasteiger partial charge in [0.2, 0.25) is 0 Å². The van der Waals surface area contributed by atoms with E-state index >= 15 is 0 Å². The average molecular weight is 381 g/mol. The van der Waals surface area contributed by atoms with Gasteiger partial charge < -0.3 is 13.9 Å². The van der Waals surface area contributed by atoms with Gasteiger partial charge in [0, 0.05) is 4.47 Å². The Morgan fingerprint density at radius 3 is 2.74 bits per heavy atom. The molecule has 23 heavy (non-hydrogen) atoms. The first-order valence-corrected chi connectivity index (χ1v) is 7.65. The van der Waals surface area contributed by atoms with Crippen LogP contribution >= 0.6 is 15.9 Å². The van der Waals surface area contributed by atoms with Gasteiger partial charge in [-0.3, -0.25) is 4.79 Å². The highest BCUT2D eigenvalue weighted by Crippen LogP contribution is 2.29. The number of hydrogen-bond acceptors (Lipinski definition) is 5. The molecule has 0 atom stereocenters. The first kappa shape index (κ1) is 17.1. The molecule has 0 fully saturated rings. The van der Waals surface area contributed by atoms with E-state index in [-0.39, 0.29) is 12.5 Å². The van der Waals surface area contributed by atoms with Gasteiger partial charge in [0.15, 0.2) is 18.1 Å². The van der Waals surface area contributed by atoms with Crippen molar-refractivity contribution in [2.24, 2.45) is 5.10 Å². The van der Waals surface area contributed by atoms with Crippen molar-refractivity contribution < 1.29 is 18.7 Å². The van der Waals surface area contributed by atoms with Crippen LogP contribution < -0.4 is 14.9 Å². The van der Waals surface area contributed by atoms with Gasteiger partial charge in [-0.25, -0.2) is 5.43 Å². The maximum absolute atomic E-state index is 11.8. The van der Waals surface area contributed by atoms with Crippen molar-refractivity contribution in [1.29, 1.82) is 0 Å². The molecule has 1 N–H and O–H groups in total. The molecule has 0 radical (unpaired) electrons. The molecule has 0 saturated carbocycles. The molecule has 1 amide bonds. The summed E-state index contributed by atoms with van der Waals surface area (Å²) in [6.45, 7) is 3.41. The zero-order valence-corrected chi connectivity index (χ0v) is 14.6. The number of hydrogen-bond donors (Lipinski definition) is 1. The summed E-state index contributed by atoms with van der Waals surface area (Å²) >= 11 is 3.34. The summed E-state index contributed by atoms with van der Waals surface area (Å²) in [5.41, 5.74) is 3.00. The van der Waals surface area contributed by atoms with Crippen molar-refractivity contribution in [3.05, 3.63) is 46.3 Å². The molecule has 1 heterocycles. The van der Waals surface area contributed by atoms with Gasteiger partial charge in [-0.15, -0.1) is 0 Å². The van der Waals surface area contributed by atoms with Crippen molar-refractivity contribution in [3.8, 4) is 11.5 Å². The summed E-state index contributed by atoms with van der Waals surface area (Å²) in [5.74, 6) is 2.04. The number of methoxy groups -OCH3 is 1. The number of hydrazone groups is 1. The van der Waals surface area contributed by atoms with Gasteiger partial charge in [0.1, 0.15) is 17.2 Å². The second kappa shape index (κ2) is 7.82. The fourth-order valence-corrected chi connectivity index (χ4v) is 2.11. The van der Waals surface area contributed by atoms with Crippen LogP contribution in [0.4, 0.5) is 0 Å². The Kier molecular flexibility index (Phi) is 5.81. The molecular weight excluding hydrogens is 364 g/mol. The standard InChI is InChI=1S/C16H17BrN2O4/c1-10-4-6-13(23-10)11(2)18-19-16(20)9-22-14-7-5-12(17)8-15(14)21-3/h4-8H,9H2,1-3H3,(H,19,20)/b18-11-. The first-order valence-electron chi connectivity index (χ1n) is 6.86. The number of halogens is 1. The van der Waals surface area contributed by atoms with Crippen LogP contribution in [0.5, 0.6) is 11.5 Å². The molecule has 122 valence electrons. The van der Waals surface area contributed by atoms with Gasteiger partial charge in [-0.2, -0.15) is 5.10 Å². The lowest BCUT2D eigenvalue weighted by molar-refractivity contribution is -0.123. The number of aryl methyl sites for hydroxylation is 1. The van der Waals surface area contributed by atoms with E-state index in [0.717, 1.165) is 10.2 Å². The summed E-state index contributed by atoms with van der Waals surface area (Å²) < 4.78 is 16.9. The molecule has 1 aromatic carbocycles. The van der Waals surface area contributed by atoms with Gasteiger partial charge >= 0.3 is 0 Å². The molecule has 1 aromatic heterocycles. The van der Waals surface area contributed by atoms with Crippen molar-refractivity contribution >= 4 is 27.5 Å². The number of furan rings is 1. The topological polar surface area (TPSA) is 73.1 Å². The van der Waals surface area contributed by atoms with Crippen LogP contribution in [0.3, 0.4) is 0 Å². The molecule has 0 unspecified atom stereocenters. The van der Waals surface area contributed by atoms with Gasteiger partial charge in [0.25, 0.3) is 5.91 Å². The van der Waals surface area contributed by atoms with Crippen molar-refractivity contribution in [2.75, 3.05) is 13.7 Å². The predicted molar refractivity (Wildman–Crippen MR) is 90.0 cm³/mol. The lowest BCUT2D eigenvalue weighted by atomic mass is 10.3. The Hall–Kier alpha value is -2.28. The largest absolute Gasteiger partial charge is 0.493 e. The minimum Gasteiger partial charge on any atom is -0.493 e. The van der Waals surface area contributed by atoms with E-state index in [2.05, 4.69) is 26.5 Å². The van der Waals surface area contributed by atoms with E-state index in [1.807, 2.05) is 13.0 Å². The number of rotatable bonds is 6. The lowest BCUT2D eigenvalue weighted by Crippen LogP contribution is -2.25. The normalized spacial score (nSPS) is 11.2. The molecule has 7 heteroatoms. The quantitative estimate of drug-likeness (QED) is 0.616. The Labute approximate surface area is 142 Å². The number of benzene rings is 1. The fourth-order valence-electron chi connectivity index (χ4n) is 1.77. The molecule has 0 aliphatic rings. The summed E-state index contributed by atoms with van der Waals surface area (Å²) in [6.07, 6.45) is 0. The minimum absolute atomic E-state index is 0.175. The van der Waals surface area contributed by atoms with Crippen LogP contribution in [0.15, 0.2) is 44.3 Å². The van der Waals surface area contributed by atoms with E-state index in [4.69, 9.17) is 13.9 Å². The maximum atomic E-state index is 11.8. The molecule has 0 saturated heterocycles. The Morgan fingerprint density at radius 2 is 2.09 bits per heavy atom. The lowest BCUT2D eigenvalue weighted by Gasteiger charge is -2.10. The number of amides is 1. The summed E-state index contributed by atoms with van der Waals surface area (Å²) in [7, 11) is 1.54. The maximum Gasteiger partial charge on any atom is 0.277 e. The number of nitrogens with one attached hydrogen (secondary N) is 1. The Balaban J connectivity index is 1.90. The van der Waals surface area contributed by atoms with E-state index in [1.165, 1.54) is 7.11 Å². The third-order valence-corrected chi connectivity index (χ3v) is 3.42. The molecule has 6 nitrogen and oxygen atoms in total. The molecular formula is C16H17BrN2O4. The SMILES string of the molecule is COc1cc(Br)ccc1OCC(=O)N/N=C(/C)c1ccc(C)o1. The molecule has 0 bridgehead atoms. The molecule has 0 aliphatic carbocycles. The highest BCUT2D eigenvalue weighted by molar-refractivity contribution is 9.10. The Bertz CT molecular complexity index is 725. The van der Waals surface area contributed by atoms with E-state index in [0.29, 0.717) is 23.0 Å². The van der Waals surface area contributed by atoms with E-state index in [9.17, 15) is 4.79 Å². The zero-order chi connectivity index (χ0) is 16.8. The predicted octanol–water partition coefficient (Wildman–Crippen LogP) is 3.28. The highest BCUT2D eigenvalue weighted by atomic mass is 79.9.